The highest BCUT2D eigenvalue weighted by molar-refractivity contribution is 6.06. The number of allylic oxidation sites excluding steroid dienone is 2. The Hall–Kier alpha value is -2.44. The molecule has 0 radical (unpaired) electrons. The van der Waals surface area contributed by atoms with Gasteiger partial charge in [0.15, 0.2) is 5.69 Å². The van der Waals surface area contributed by atoms with Gasteiger partial charge in [-0.3, -0.25) is 19.3 Å². The summed E-state index contributed by atoms with van der Waals surface area (Å²) in [5, 5.41) is 3.71. The number of hydrogen-bond donors (Lipinski definition) is 0. The maximum atomic E-state index is 12.5. The highest BCUT2D eigenvalue weighted by atomic mass is 16.5. The molecule has 1 aliphatic carbocycles. The largest absolute Gasteiger partial charge is 0.361 e. The molecule has 3 amide bonds. The second-order valence-electron chi connectivity index (χ2n) is 6.39. The van der Waals surface area contributed by atoms with Crippen LogP contribution in [0.2, 0.25) is 0 Å². The van der Waals surface area contributed by atoms with Crippen molar-refractivity contribution in [2.75, 3.05) is 13.1 Å². The zero-order chi connectivity index (χ0) is 16.1. The Kier molecular flexibility index (Phi) is 3.11. The summed E-state index contributed by atoms with van der Waals surface area (Å²) in [6.07, 6.45) is 5.22. The standard InChI is InChI=1S/C16H17N3O4/c1-9-6-13(17-23-9)16(22)18-7-10(8-18)19-14(20)11-4-2-3-5-12(11)15(19)21/h2-3,6,10-12H,4-5,7-8H2,1H3/t11-,12+. The quantitative estimate of drug-likeness (QED) is 0.594. The molecule has 1 aromatic heterocycles. The van der Waals surface area contributed by atoms with Crippen molar-refractivity contribution < 1.29 is 18.9 Å². The van der Waals surface area contributed by atoms with Crippen LogP contribution in [0.4, 0.5) is 0 Å². The second-order valence-corrected chi connectivity index (χ2v) is 6.39. The second kappa shape index (κ2) is 5.04. The average molecular weight is 315 g/mol. The molecule has 0 N–H and O–H groups in total. The fourth-order valence-electron chi connectivity index (χ4n) is 3.60. The Morgan fingerprint density at radius 1 is 1.17 bits per heavy atom. The Bertz CT molecular complexity index is 691. The van der Waals surface area contributed by atoms with Crippen LogP contribution in [0, 0.1) is 18.8 Å². The number of carbonyl (C=O) groups is 3. The van der Waals surface area contributed by atoms with Gasteiger partial charge in [-0.1, -0.05) is 17.3 Å². The van der Waals surface area contributed by atoms with Gasteiger partial charge in [0.1, 0.15) is 5.76 Å². The van der Waals surface area contributed by atoms with Crippen molar-refractivity contribution in [1.82, 2.24) is 15.0 Å². The summed E-state index contributed by atoms with van der Waals surface area (Å²) in [4.78, 5) is 40.1. The van der Waals surface area contributed by atoms with E-state index in [2.05, 4.69) is 5.16 Å². The van der Waals surface area contributed by atoms with Crippen LogP contribution in [0.1, 0.15) is 29.1 Å². The molecule has 0 saturated carbocycles. The number of amides is 3. The van der Waals surface area contributed by atoms with Crippen molar-refractivity contribution in [2.24, 2.45) is 11.8 Å². The molecule has 2 saturated heterocycles. The summed E-state index contributed by atoms with van der Waals surface area (Å²) in [7, 11) is 0. The third-order valence-corrected chi connectivity index (χ3v) is 4.90. The molecular weight excluding hydrogens is 298 g/mol. The molecular formula is C16H17N3O4. The van der Waals surface area contributed by atoms with Crippen LogP contribution < -0.4 is 0 Å². The summed E-state index contributed by atoms with van der Waals surface area (Å²) in [6.45, 7) is 2.46. The van der Waals surface area contributed by atoms with Crippen LogP contribution in [0.15, 0.2) is 22.7 Å². The highest BCUT2D eigenvalue weighted by Crippen LogP contribution is 2.37. The number of aryl methyl sites for hydroxylation is 1. The van der Waals surface area contributed by atoms with E-state index >= 15 is 0 Å². The Labute approximate surface area is 132 Å². The topological polar surface area (TPSA) is 83.7 Å². The minimum atomic E-state index is -0.226. The van der Waals surface area contributed by atoms with Crippen molar-refractivity contribution in [3.05, 3.63) is 29.7 Å². The molecule has 2 atom stereocenters. The van der Waals surface area contributed by atoms with E-state index in [0.29, 0.717) is 31.7 Å². The zero-order valence-corrected chi connectivity index (χ0v) is 12.8. The van der Waals surface area contributed by atoms with E-state index in [1.54, 1.807) is 17.9 Å². The molecule has 7 nitrogen and oxygen atoms in total. The number of carbonyl (C=O) groups excluding carboxylic acids is 3. The fourth-order valence-corrected chi connectivity index (χ4v) is 3.60. The van der Waals surface area contributed by atoms with Gasteiger partial charge in [0, 0.05) is 19.2 Å². The molecule has 0 bridgehead atoms. The van der Waals surface area contributed by atoms with Gasteiger partial charge in [0.2, 0.25) is 11.8 Å². The van der Waals surface area contributed by atoms with Crippen LogP contribution in [-0.4, -0.2) is 51.8 Å². The summed E-state index contributed by atoms with van der Waals surface area (Å²) in [6, 6.07) is 1.37. The third kappa shape index (κ3) is 2.10. The summed E-state index contributed by atoms with van der Waals surface area (Å²) in [5.41, 5.74) is 0.262. The molecule has 120 valence electrons. The lowest BCUT2D eigenvalue weighted by molar-refractivity contribution is -0.145. The monoisotopic (exact) mass is 315 g/mol. The van der Waals surface area contributed by atoms with E-state index in [4.69, 9.17) is 4.52 Å². The first-order valence-electron chi connectivity index (χ1n) is 7.81. The minimum Gasteiger partial charge on any atom is -0.361 e. The molecule has 0 aromatic carbocycles. The number of fused-ring (bicyclic) bond motifs is 1. The molecule has 4 rings (SSSR count). The van der Waals surface area contributed by atoms with E-state index in [0.717, 1.165) is 0 Å². The zero-order valence-electron chi connectivity index (χ0n) is 12.8. The molecule has 3 heterocycles. The van der Waals surface area contributed by atoms with Crippen molar-refractivity contribution in [2.45, 2.75) is 25.8 Å². The van der Waals surface area contributed by atoms with Gasteiger partial charge in [0.25, 0.3) is 5.91 Å². The molecule has 3 aliphatic rings. The lowest BCUT2D eigenvalue weighted by atomic mass is 9.85. The molecule has 2 fully saturated rings. The minimum absolute atomic E-state index is 0.0845. The van der Waals surface area contributed by atoms with Crippen molar-refractivity contribution in [3.63, 3.8) is 0 Å². The van der Waals surface area contributed by atoms with E-state index < -0.39 is 0 Å². The van der Waals surface area contributed by atoms with Crippen LogP contribution in [0.5, 0.6) is 0 Å². The SMILES string of the molecule is Cc1cc(C(=O)N2CC(N3C(=O)[C@H]4CC=CC[C@H]4C3=O)C2)no1. The van der Waals surface area contributed by atoms with Gasteiger partial charge >= 0.3 is 0 Å². The molecule has 23 heavy (non-hydrogen) atoms. The molecule has 7 heteroatoms. The first-order valence-corrected chi connectivity index (χ1v) is 7.81. The number of rotatable bonds is 2. The average Bonchev–Trinajstić information content (AvgIpc) is 3.04. The van der Waals surface area contributed by atoms with Crippen LogP contribution >= 0.6 is 0 Å². The van der Waals surface area contributed by atoms with Gasteiger partial charge in [0.05, 0.1) is 17.9 Å². The van der Waals surface area contributed by atoms with Gasteiger partial charge in [-0.05, 0) is 19.8 Å². The van der Waals surface area contributed by atoms with Gasteiger partial charge in [-0.25, -0.2) is 0 Å². The van der Waals surface area contributed by atoms with Crippen molar-refractivity contribution >= 4 is 17.7 Å². The summed E-state index contributed by atoms with van der Waals surface area (Å²) in [5.74, 6) is -0.244. The van der Waals surface area contributed by atoms with E-state index in [9.17, 15) is 14.4 Å². The normalized spacial score (nSPS) is 27.3. The first-order chi connectivity index (χ1) is 11.1. The Balaban J connectivity index is 1.43. The smallest absolute Gasteiger partial charge is 0.276 e. The number of likely N-dealkylation sites (tertiary alicyclic amines) is 2. The lowest BCUT2D eigenvalue weighted by Gasteiger charge is -2.42. The molecule has 2 aliphatic heterocycles. The highest BCUT2D eigenvalue weighted by Gasteiger charge is 2.52. The number of hydrogen-bond acceptors (Lipinski definition) is 5. The summed E-state index contributed by atoms with van der Waals surface area (Å²) >= 11 is 0. The Morgan fingerprint density at radius 3 is 2.30 bits per heavy atom. The number of imide groups is 1. The van der Waals surface area contributed by atoms with Crippen molar-refractivity contribution in [1.29, 1.82) is 0 Å². The third-order valence-electron chi connectivity index (χ3n) is 4.90. The van der Waals surface area contributed by atoms with Gasteiger partial charge in [-0.2, -0.15) is 0 Å². The number of aromatic nitrogens is 1. The maximum absolute atomic E-state index is 12.5. The lowest BCUT2D eigenvalue weighted by Crippen LogP contribution is -2.62. The van der Waals surface area contributed by atoms with Crippen LogP contribution in [0.3, 0.4) is 0 Å². The van der Waals surface area contributed by atoms with Crippen LogP contribution in [-0.2, 0) is 9.59 Å². The van der Waals surface area contributed by atoms with E-state index in [1.165, 1.54) is 4.90 Å². The van der Waals surface area contributed by atoms with Gasteiger partial charge < -0.3 is 9.42 Å². The predicted molar refractivity (Wildman–Crippen MR) is 78.1 cm³/mol. The van der Waals surface area contributed by atoms with E-state index in [-0.39, 0.29) is 41.3 Å². The van der Waals surface area contributed by atoms with Crippen LogP contribution in [0.25, 0.3) is 0 Å². The summed E-state index contributed by atoms with van der Waals surface area (Å²) < 4.78 is 4.91. The number of nitrogens with zero attached hydrogens (tertiary/aromatic N) is 3. The fraction of sp³-hybridized carbons (Fsp3) is 0.500. The Morgan fingerprint density at radius 2 is 1.78 bits per heavy atom. The molecule has 0 spiro atoms. The van der Waals surface area contributed by atoms with E-state index in [1.807, 2.05) is 12.2 Å². The first kappa shape index (κ1) is 14.2. The van der Waals surface area contributed by atoms with Crippen molar-refractivity contribution in [3.8, 4) is 0 Å². The molecule has 1 aromatic rings. The maximum Gasteiger partial charge on any atom is 0.276 e. The predicted octanol–water partition coefficient (Wildman–Crippen LogP) is 0.759. The van der Waals surface area contributed by atoms with Gasteiger partial charge in [-0.15, -0.1) is 0 Å². The molecule has 0 unspecified atom stereocenters.